The molecule has 112 valence electrons. The van der Waals surface area contributed by atoms with Crippen molar-refractivity contribution in [2.75, 3.05) is 0 Å². The van der Waals surface area contributed by atoms with Crippen LogP contribution in [0.3, 0.4) is 0 Å². The van der Waals surface area contributed by atoms with Gasteiger partial charge in [-0.05, 0) is 18.9 Å². The minimum Gasteiger partial charge on any atom is -0.480 e. The number of amides is 2. The van der Waals surface area contributed by atoms with Crippen molar-refractivity contribution in [2.45, 2.75) is 38.3 Å². The summed E-state index contributed by atoms with van der Waals surface area (Å²) in [6.45, 7) is 1.95. The van der Waals surface area contributed by atoms with Gasteiger partial charge in [-0.25, -0.2) is 4.79 Å². The molecule has 6 nitrogen and oxygen atoms in total. The normalized spacial score (nSPS) is 18.9. The first-order valence-electron chi connectivity index (χ1n) is 6.84. The van der Waals surface area contributed by atoms with Crippen LogP contribution in [0.1, 0.15) is 24.0 Å². The number of rotatable bonds is 5. The van der Waals surface area contributed by atoms with Gasteiger partial charge in [0.25, 0.3) is 0 Å². The number of aryl methyl sites for hydroxylation is 1. The van der Waals surface area contributed by atoms with Crippen molar-refractivity contribution in [2.24, 2.45) is 0 Å². The Hall–Kier alpha value is -2.37. The fourth-order valence-corrected chi connectivity index (χ4v) is 2.24. The number of aliphatic carboxylic acids is 1. The SMILES string of the molecule is Cc1ccc(C[C@H](NC(=O)[C@@H]2CCC(=O)N2)C(=O)O)cc1. The van der Waals surface area contributed by atoms with E-state index in [0.717, 1.165) is 11.1 Å². The number of carbonyl (C=O) groups excluding carboxylic acids is 2. The third-order valence-corrected chi connectivity index (χ3v) is 3.49. The molecule has 0 spiro atoms. The predicted molar refractivity (Wildman–Crippen MR) is 75.6 cm³/mol. The number of carboxylic acid groups (broad SMARTS) is 1. The maximum Gasteiger partial charge on any atom is 0.326 e. The highest BCUT2D eigenvalue weighted by molar-refractivity contribution is 5.92. The molecule has 2 amide bonds. The zero-order valence-corrected chi connectivity index (χ0v) is 11.8. The van der Waals surface area contributed by atoms with E-state index in [4.69, 9.17) is 0 Å². The van der Waals surface area contributed by atoms with Crippen LogP contribution in [0.15, 0.2) is 24.3 Å². The molecule has 0 saturated carbocycles. The molecule has 2 atom stereocenters. The fourth-order valence-electron chi connectivity index (χ4n) is 2.24. The number of carbonyl (C=O) groups is 3. The third kappa shape index (κ3) is 4.05. The lowest BCUT2D eigenvalue weighted by Gasteiger charge is -2.17. The van der Waals surface area contributed by atoms with E-state index in [1.54, 1.807) is 0 Å². The summed E-state index contributed by atoms with van der Waals surface area (Å²) in [6.07, 6.45) is 0.914. The smallest absolute Gasteiger partial charge is 0.326 e. The minimum absolute atomic E-state index is 0.180. The summed E-state index contributed by atoms with van der Waals surface area (Å²) < 4.78 is 0. The second-order valence-corrected chi connectivity index (χ2v) is 5.25. The Morgan fingerprint density at radius 2 is 2.05 bits per heavy atom. The predicted octanol–water partition coefficient (Wildman–Crippen LogP) is 0.386. The van der Waals surface area contributed by atoms with Crippen LogP contribution in [-0.4, -0.2) is 35.0 Å². The molecule has 1 aliphatic heterocycles. The Morgan fingerprint density at radius 3 is 2.57 bits per heavy atom. The van der Waals surface area contributed by atoms with Crippen LogP contribution in [-0.2, 0) is 20.8 Å². The molecular weight excluding hydrogens is 272 g/mol. The average molecular weight is 290 g/mol. The van der Waals surface area contributed by atoms with Gasteiger partial charge in [0.1, 0.15) is 12.1 Å². The van der Waals surface area contributed by atoms with E-state index in [1.165, 1.54) is 0 Å². The van der Waals surface area contributed by atoms with Crippen LogP contribution < -0.4 is 10.6 Å². The van der Waals surface area contributed by atoms with Crippen LogP contribution in [0.4, 0.5) is 0 Å². The molecule has 0 bridgehead atoms. The van der Waals surface area contributed by atoms with Crippen LogP contribution >= 0.6 is 0 Å². The van der Waals surface area contributed by atoms with Crippen molar-refractivity contribution in [3.63, 3.8) is 0 Å². The van der Waals surface area contributed by atoms with Gasteiger partial charge in [0.05, 0.1) is 0 Å². The van der Waals surface area contributed by atoms with Crippen molar-refractivity contribution in [1.82, 2.24) is 10.6 Å². The van der Waals surface area contributed by atoms with Gasteiger partial charge in [-0.3, -0.25) is 9.59 Å². The summed E-state index contributed by atoms with van der Waals surface area (Å²) in [5, 5.41) is 14.2. The first-order chi connectivity index (χ1) is 9.95. The first kappa shape index (κ1) is 15.0. The number of hydrogen-bond donors (Lipinski definition) is 3. The molecule has 1 aliphatic rings. The van der Waals surface area contributed by atoms with Gasteiger partial charge in [-0.15, -0.1) is 0 Å². The van der Waals surface area contributed by atoms with E-state index < -0.39 is 24.0 Å². The van der Waals surface area contributed by atoms with Crippen molar-refractivity contribution >= 4 is 17.8 Å². The molecule has 1 aromatic rings. The van der Waals surface area contributed by atoms with Crippen LogP contribution in [0.5, 0.6) is 0 Å². The summed E-state index contributed by atoms with van der Waals surface area (Å²) in [4.78, 5) is 34.3. The van der Waals surface area contributed by atoms with E-state index in [2.05, 4.69) is 10.6 Å². The maximum atomic E-state index is 12.0. The highest BCUT2D eigenvalue weighted by atomic mass is 16.4. The van der Waals surface area contributed by atoms with Crippen molar-refractivity contribution in [1.29, 1.82) is 0 Å². The molecule has 1 aromatic carbocycles. The zero-order valence-electron chi connectivity index (χ0n) is 11.8. The highest BCUT2D eigenvalue weighted by Gasteiger charge is 2.30. The lowest BCUT2D eigenvalue weighted by atomic mass is 10.0. The molecule has 2 rings (SSSR count). The van der Waals surface area contributed by atoms with Gasteiger partial charge in [0.2, 0.25) is 11.8 Å². The molecule has 0 aromatic heterocycles. The second kappa shape index (κ2) is 6.39. The van der Waals surface area contributed by atoms with Crippen molar-refractivity contribution < 1.29 is 19.5 Å². The van der Waals surface area contributed by atoms with E-state index >= 15 is 0 Å². The average Bonchev–Trinajstić information content (AvgIpc) is 2.87. The lowest BCUT2D eigenvalue weighted by molar-refractivity contribution is -0.142. The fraction of sp³-hybridized carbons (Fsp3) is 0.400. The summed E-state index contributed by atoms with van der Waals surface area (Å²) in [7, 11) is 0. The topological polar surface area (TPSA) is 95.5 Å². The van der Waals surface area contributed by atoms with Crippen LogP contribution in [0.2, 0.25) is 0 Å². The van der Waals surface area contributed by atoms with Crippen molar-refractivity contribution in [3.8, 4) is 0 Å². The Balaban J connectivity index is 1.99. The standard InChI is InChI=1S/C15H18N2O4/c1-9-2-4-10(5-3-9)8-12(15(20)21)17-14(19)11-6-7-13(18)16-11/h2-5,11-12H,6-8H2,1H3,(H,16,18)(H,17,19)(H,20,21)/t11-,12-/m0/s1. The Labute approximate surface area is 122 Å². The molecule has 6 heteroatoms. The first-order valence-corrected chi connectivity index (χ1v) is 6.84. The number of carboxylic acids is 1. The van der Waals surface area contributed by atoms with E-state index in [-0.39, 0.29) is 12.3 Å². The zero-order chi connectivity index (χ0) is 15.4. The molecule has 1 fully saturated rings. The third-order valence-electron chi connectivity index (χ3n) is 3.49. The van der Waals surface area contributed by atoms with Gasteiger partial charge in [0.15, 0.2) is 0 Å². The second-order valence-electron chi connectivity index (χ2n) is 5.25. The summed E-state index contributed by atoms with van der Waals surface area (Å²) >= 11 is 0. The monoisotopic (exact) mass is 290 g/mol. The quantitative estimate of drug-likeness (QED) is 0.731. The molecule has 0 aliphatic carbocycles. The summed E-state index contributed by atoms with van der Waals surface area (Å²) in [6, 6.07) is 5.85. The Kier molecular flexibility index (Phi) is 4.57. The Bertz CT molecular complexity index is 553. The minimum atomic E-state index is -1.09. The summed E-state index contributed by atoms with van der Waals surface area (Å²) in [5.41, 5.74) is 1.92. The number of nitrogens with one attached hydrogen (secondary N) is 2. The van der Waals surface area contributed by atoms with Crippen molar-refractivity contribution in [3.05, 3.63) is 35.4 Å². The molecule has 21 heavy (non-hydrogen) atoms. The van der Waals surface area contributed by atoms with E-state index in [1.807, 2.05) is 31.2 Å². The number of hydrogen-bond acceptors (Lipinski definition) is 3. The van der Waals surface area contributed by atoms with E-state index in [0.29, 0.717) is 12.8 Å². The number of benzene rings is 1. The molecule has 0 unspecified atom stereocenters. The lowest BCUT2D eigenvalue weighted by Crippen LogP contribution is -2.49. The van der Waals surface area contributed by atoms with Gasteiger partial charge in [0, 0.05) is 12.8 Å². The highest BCUT2D eigenvalue weighted by Crippen LogP contribution is 2.09. The summed E-state index contributed by atoms with van der Waals surface area (Å²) in [5.74, 6) is -1.71. The Morgan fingerprint density at radius 1 is 1.38 bits per heavy atom. The molecular formula is C15H18N2O4. The van der Waals surface area contributed by atoms with Gasteiger partial charge in [-0.2, -0.15) is 0 Å². The molecule has 0 radical (unpaired) electrons. The van der Waals surface area contributed by atoms with Crippen LogP contribution in [0, 0.1) is 6.92 Å². The molecule has 1 heterocycles. The van der Waals surface area contributed by atoms with Gasteiger partial charge in [-0.1, -0.05) is 29.8 Å². The molecule has 3 N–H and O–H groups in total. The van der Waals surface area contributed by atoms with Gasteiger partial charge >= 0.3 is 5.97 Å². The molecule has 1 saturated heterocycles. The maximum absolute atomic E-state index is 12.0. The largest absolute Gasteiger partial charge is 0.480 e. The van der Waals surface area contributed by atoms with Gasteiger partial charge < -0.3 is 15.7 Å². The van der Waals surface area contributed by atoms with E-state index in [9.17, 15) is 19.5 Å². The van der Waals surface area contributed by atoms with Crippen LogP contribution in [0.25, 0.3) is 0 Å².